The third-order valence-corrected chi connectivity index (χ3v) is 6.22. The Labute approximate surface area is 172 Å². The summed E-state index contributed by atoms with van der Waals surface area (Å²) in [7, 11) is 0. The van der Waals surface area contributed by atoms with Crippen LogP contribution < -0.4 is 0 Å². The molecule has 0 amide bonds. The molecule has 158 valence electrons. The summed E-state index contributed by atoms with van der Waals surface area (Å²) in [5, 5.41) is 22.1. The van der Waals surface area contributed by atoms with Gasteiger partial charge in [-0.1, -0.05) is 6.08 Å². The monoisotopic (exact) mass is 426 g/mol. The summed E-state index contributed by atoms with van der Waals surface area (Å²) in [5.74, 6) is -3.94. The molecule has 3 aliphatic rings. The molecule has 0 aromatic heterocycles. The molecule has 0 aromatic rings. The lowest BCUT2D eigenvalue weighted by Crippen LogP contribution is -2.60. The first kappa shape index (κ1) is 21.5. The van der Waals surface area contributed by atoms with Crippen molar-refractivity contribution in [3.05, 3.63) is 35.1 Å². The number of ketones is 1. The second-order valence-corrected chi connectivity index (χ2v) is 7.94. The number of halogens is 1. The highest BCUT2D eigenvalue weighted by Gasteiger charge is 2.65. The van der Waals surface area contributed by atoms with Gasteiger partial charge < -0.3 is 24.4 Å². The molecule has 1 fully saturated rings. The van der Waals surface area contributed by atoms with E-state index in [-0.39, 0.29) is 11.3 Å². The van der Waals surface area contributed by atoms with E-state index < -0.39 is 59.0 Å². The van der Waals surface area contributed by atoms with Gasteiger partial charge in [0.15, 0.2) is 11.2 Å². The van der Waals surface area contributed by atoms with Gasteiger partial charge in [0.2, 0.25) is 5.78 Å². The van der Waals surface area contributed by atoms with Gasteiger partial charge in [-0.05, 0) is 39.3 Å². The zero-order chi connectivity index (χ0) is 21.7. The van der Waals surface area contributed by atoms with Crippen molar-refractivity contribution in [3.63, 3.8) is 0 Å². The van der Waals surface area contributed by atoms with Crippen LogP contribution in [0.15, 0.2) is 35.1 Å². The minimum Gasteiger partial charge on any atom is -0.476 e. The van der Waals surface area contributed by atoms with E-state index in [0.717, 1.165) is 0 Å². The molecule has 0 radical (unpaired) electrons. The second-order valence-electron chi connectivity index (χ2n) is 7.67. The van der Waals surface area contributed by atoms with E-state index in [2.05, 4.69) is 0 Å². The molecule has 0 spiro atoms. The summed E-state index contributed by atoms with van der Waals surface area (Å²) < 4.78 is 16.6. The minimum absolute atomic E-state index is 0.198. The van der Waals surface area contributed by atoms with Gasteiger partial charge in [-0.25, -0.2) is 9.59 Å². The van der Waals surface area contributed by atoms with E-state index in [4.69, 9.17) is 25.8 Å². The Morgan fingerprint density at radius 3 is 2.66 bits per heavy atom. The average Bonchev–Trinajstić information content (AvgIpc) is 3.13. The van der Waals surface area contributed by atoms with E-state index in [9.17, 15) is 24.6 Å². The standard InChI is InChI=1S/C20H23ClO8/c1-5-9(2)17(24)28-15-14-12(27-18(25)20(14,26)8-21)6-10(3)11-7-13(22)19(4,29-11)16(15)23/h5-7,12,14-16,23,26H,8H2,1-4H3/b9-5+,10-6-/t12-,14+,15+,16+,19-,20+/m1/s1. The summed E-state index contributed by atoms with van der Waals surface area (Å²) in [6.07, 6.45) is -0.0782. The lowest BCUT2D eigenvalue weighted by atomic mass is 9.76. The van der Waals surface area contributed by atoms with Crippen molar-refractivity contribution in [1.82, 2.24) is 0 Å². The summed E-state index contributed by atoms with van der Waals surface area (Å²) in [6, 6.07) is 0. The van der Waals surface area contributed by atoms with Crippen LogP contribution >= 0.6 is 11.6 Å². The van der Waals surface area contributed by atoms with Crippen LogP contribution in [0.4, 0.5) is 0 Å². The number of hydrogen-bond donors (Lipinski definition) is 2. The van der Waals surface area contributed by atoms with E-state index in [1.165, 1.54) is 32.1 Å². The van der Waals surface area contributed by atoms with E-state index in [1.807, 2.05) is 0 Å². The first-order chi connectivity index (χ1) is 13.5. The number of carbonyl (C=O) groups excluding carboxylic acids is 3. The lowest BCUT2D eigenvalue weighted by molar-refractivity contribution is -0.186. The Morgan fingerprint density at radius 2 is 2.07 bits per heavy atom. The fourth-order valence-corrected chi connectivity index (χ4v) is 4.02. The van der Waals surface area contributed by atoms with Crippen molar-refractivity contribution < 1.29 is 38.8 Å². The van der Waals surface area contributed by atoms with Crippen molar-refractivity contribution in [3.8, 4) is 0 Å². The first-order valence-corrected chi connectivity index (χ1v) is 9.68. The third kappa shape index (κ3) is 3.19. The molecule has 3 aliphatic heterocycles. The fourth-order valence-electron chi connectivity index (χ4n) is 3.73. The Bertz CT molecular complexity index is 859. The van der Waals surface area contributed by atoms with Crippen LogP contribution in [0.5, 0.6) is 0 Å². The second kappa shape index (κ2) is 7.27. The highest BCUT2D eigenvalue weighted by Crippen LogP contribution is 2.45. The molecule has 0 aliphatic carbocycles. The Balaban J connectivity index is 2.19. The van der Waals surface area contributed by atoms with Crippen molar-refractivity contribution in [2.45, 2.75) is 57.2 Å². The van der Waals surface area contributed by atoms with Gasteiger partial charge in [-0.15, -0.1) is 11.6 Å². The predicted octanol–water partition coefficient (Wildman–Crippen LogP) is 0.939. The molecule has 3 rings (SSSR count). The number of carbonyl (C=O) groups is 3. The zero-order valence-electron chi connectivity index (χ0n) is 16.5. The molecule has 6 atom stereocenters. The predicted molar refractivity (Wildman–Crippen MR) is 101 cm³/mol. The van der Waals surface area contributed by atoms with Crippen LogP contribution in [-0.4, -0.2) is 63.3 Å². The number of ether oxygens (including phenoxy) is 3. The summed E-state index contributed by atoms with van der Waals surface area (Å²) >= 11 is 5.90. The molecule has 9 heteroatoms. The molecule has 3 heterocycles. The average molecular weight is 427 g/mol. The molecule has 1 saturated heterocycles. The largest absolute Gasteiger partial charge is 0.476 e. The van der Waals surface area contributed by atoms with Crippen LogP contribution in [0, 0.1) is 5.92 Å². The lowest BCUT2D eigenvalue weighted by Gasteiger charge is -2.39. The van der Waals surface area contributed by atoms with Gasteiger partial charge in [-0.3, -0.25) is 4.79 Å². The number of rotatable bonds is 3. The third-order valence-electron chi connectivity index (χ3n) is 5.81. The molecule has 29 heavy (non-hydrogen) atoms. The fraction of sp³-hybridized carbons (Fsp3) is 0.550. The first-order valence-electron chi connectivity index (χ1n) is 9.15. The maximum absolute atomic E-state index is 12.6. The van der Waals surface area contributed by atoms with Gasteiger partial charge in [0, 0.05) is 11.6 Å². The van der Waals surface area contributed by atoms with E-state index >= 15 is 0 Å². The number of alkyl halides is 1. The molecule has 2 N–H and O–H groups in total. The van der Waals surface area contributed by atoms with Crippen LogP contribution in [0.25, 0.3) is 0 Å². The van der Waals surface area contributed by atoms with Gasteiger partial charge in [0.05, 0.1) is 11.8 Å². The van der Waals surface area contributed by atoms with Crippen molar-refractivity contribution in [2.75, 3.05) is 5.88 Å². The number of fused-ring (bicyclic) bond motifs is 3. The van der Waals surface area contributed by atoms with Crippen molar-refractivity contribution >= 4 is 29.3 Å². The van der Waals surface area contributed by atoms with Gasteiger partial charge in [0.25, 0.3) is 0 Å². The van der Waals surface area contributed by atoms with Gasteiger partial charge in [-0.2, -0.15) is 0 Å². The molecule has 8 nitrogen and oxygen atoms in total. The quantitative estimate of drug-likeness (QED) is 0.388. The number of hydrogen-bond acceptors (Lipinski definition) is 8. The molecule has 0 unspecified atom stereocenters. The molecular weight excluding hydrogens is 404 g/mol. The SMILES string of the molecule is C/C=C(\C)C(=O)O[C@H]1[C@@H]2[C@@H](/C=C(/C)C3=CC(=O)[C@@](C)(O3)[C@H]1O)OC(=O)[C@]2(O)CCl. The van der Waals surface area contributed by atoms with Gasteiger partial charge >= 0.3 is 11.9 Å². The van der Waals surface area contributed by atoms with E-state index in [0.29, 0.717) is 5.57 Å². The number of aliphatic hydroxyl groups is 2. The highest BCUT2D eigenvalue weighted by atomic mass is 35.5. The Kier molecular flexibility index (Phi) is 5.40. The van der Waals surface area contributed by atoms with Crippen LogP contribution in [0.2, 0.25) is 0 Å². The van der Waals surface area contributed by atoms with Crippen LogP contribution in [0.1, 0.15) is 27.7 Å². The number of aliphatic hydroxyl groups excluding tert-OH is 1. The smallest absolute Gasteiger partial charge is 0.340 e. The maximum atomic E-state index is 12.6. The number of allylic oxidation sites excluding steroid dienone is 2. The Morgan fingerprint density at radius 1 is 1.41 bits per heavy atom. The maximum Gasteiger partial charge on any atom is 0.340 e. The minimum atomic E-state index is -2.24. The number of esters is 2. The Hall–Kier alpha value is -2.16. The topological polar surface area (TPSA) is 119 Å². The molecule has 0 aromatic carbocycles. The summed E-state index contributed by atoms with van der Waals surface area (Å²) in [5.41, 5.74) is -3.32. The normalized spacial score (nSPS) is 41.1. The zero-order valence-corrected chi connectivity index (χ0v) is 17.2. The molecular formula is C20H23ClO8. The van der Waals surface area contributed by atoms with Gasteiger partial charge in [0.1, 0.15) is 24.1 Å². The van der Waals surface area contributed by atoms with Crippen LogP contribution in [0.3, 0.4) is 0 Å². The highest BCUT2D eigenvalue weighted by molar-refractivity contribution is 6.20. The molecule has 0 saturated carbocycles. The molecule has 2 bridgehead atoms. The van der Waals surface area contributed by atoms with Crippen molar-refractivity contribution in [2.24, 2.45) is 5.92 Å². The van der Waals surface area contributed by atoms with E-state index in [1.54, 1.807) is 13.8 Å². The van der Waals surface area contributed by atoms with Crippen LogP contribution in [-0.2, 0) is 28.6 Å². The summed E-state index contributed by atoms with van der Waals surface area (Å²) in [4.78, 5) is 37.6. The van der Waals surface area contributed by atoms with Crippen molar-refractivity contribution in [1.29, 1.82) is 0 Å². The summed E-state index contributed by atoms with van der Waals surface area (Å²) in [6.45, 7) is 6.13.